The van der Waals surface area contributed by atoms with Gasteiger partial charge in [0.05, 0.1) is 5.54 Å². The van der Waals surface area contributed by atoms with Crippen molar-refractivity contribution in [1.29, 1.82) is 0 Å². The number of carbonyl (C=O) groups excluding carboxylic acids is 2. The Morgan fingerprint density at radius 1 is 1.03 bits per heavy atom. The van der Waals surface area contributed by atoms with Crippen molar-refractivity contribution in [3.63, 3.8) is 0 Å². The molecule has 3 amide bonds. The summed E-state index contributed by atoms with van der Waals surface area (Å²) in [6.45, 7) is 8.08. The Morgan fingerprint density at radius 2 is 1.77 bits per heavy atom. The van der Waals surface area contributed by atoms with E-state index in [0.717, 1.165) is 63.2 Å². The maximum Gasteiger partial charge on any atom is 0.317 e. The number of pyridine rings is 1. The zero-order chi connectivity index (χ0) is 21.8. The molecule has 3 heterocycles. The maximum atomic E-state index is 12.9. The zero-order valence-corrected chi connectivity index (χ0v) is 19.0. The number of likely N-dealkylation sites (N-methyl/N-ethyl adjacent to an activating group) is 1. The molecule has 1 aliphatic carbocycles. The monoisotopic (exact) mass is 428 g/mol. The van der Waals surface area contributed by atoms with Crippen LogP contribution in [0.5, 0.6) is 0 Å². The minimum absolute atomic E-state index is 0.0451. The average molecular weight is 429 g/mol. The van der Waals surface area contributed by atoms with E-state index in [1.807, 2.05) is 16.0 Å². The lowest BCUT2D eigenvalue weighted by atomic mass is 9.78. The number of anilines is 1. The van der Waals surface area contributed by atoms with E-state index in [-0.39, 0.29) is 17.5 Å². The highest BCUT2D eigenvalue weighted by Crippen LogP contribution is 2.36. The summed E-state index contributed by atoms with van der Waals surface area (Å²) in [5, 5.41) is 3.06. The predicted octanol–water partition coefficient (Wildman–Crippen LogP) is 1.91. The van der Waals surface area contributed by atoms with Crippen LogP contribution in [-0.2, 0) is 11.3 Å². The number of nitrogens with one attached hydrogen (secondary N) is 1. The van der Waals surface area contributed by atoms with Gasteiger partial charge in [-0.15, -0.1) is 0 Å². The van der Waals surface area contributed by atoms with Crippen LogP contribution in [0.3, 0.4) is 0 Å². The predicted molar refractivity (Wildman–Crippen MR) is 121 cm³/mol. The van der Waals surface area contributed by atoms with Crippen LogP contribution in [0.1, 0.15) is 44.6 Å². The summed E-state index contributed by atoms with van der Waals surface area (Å²) in [6.07, 6.45) is 7.33. The number of amides is 3. The largest absolute Gasteiger partial charge is 0.354 e. The molecule has 0 aromatic carbocycles. The Balaban J connectivity index is 1.32. The molecule has 1 saturated carbocycles. The Hall–Kier alpha value is -2.35. The third-order valence-electron chi connectivity index (χ3n) is 7.18. The van der Waals surface area contributed by atoms with Crippen molar-refractivity contribution in [3.8, 4) is 0 Å². The highest BCUT2D eigenvalue weighted by Gasteiger charge is 2.44. The maximum absolute atomic E-state index is 12.9. The number of piperazine rings is 2. The summed E-state index contributed by atoms with van der Waals surface area (Å²) >= 11 is 0. The van der Waals surface area contributed by atoms with Gasteiger partial charge in [0.15, 0.2) is 0 Å². The number of rotatable bonds is 3. The molecule has 0 unspecified atom stereocenters. The first-order chi connectivity index (χ1) is 15.0. The minimum Gasteiger partial charge on any atom is -0.354 e. The Bertz CT molecular complexity index is 769. The number of hydrogen-bond donors (Lipinski definition) is 1. The third-order valence-corrected chi connectivity index (χ3v) is 7.18. The summed E-state index contributed by atoms with van der Waals surface area (Å²) in [5.74, 6) is 1.14. The number of nitrogens with zero attached hydrogens (tertiary/aromatic N) is 5. The van der Waals surface area contributed by atoms with Crippen LogP contribution in [-0.4, -0.2) is 90.0 Å². The van der Waals surface area contributed by atoms with E-state index in [4.69, 9.17) is 0 Å². The molecule has 1 spiro atoms. The van der Waals surface area contributed by atoms with Gasteiger partial charge in [-0.2, -0.15) is 0 Å². The molecular formula is C23H36N6O2. The summed E-state index contributed by atoms with van der Waals surface area (Å²) in [6, 6.07) is 4.06. The van der Waals surface area contributed by atoms with Gasteiger partial charge in [-0.25, -0.2) is 9.78 Å². The first-order valence-corrected chi connectivity index (χ1v) is 11.7. The molecular weight excluding hydrogens is 392 g/mol. The van der Waals surface area contributed by atoms with Crippen LogP contribution in [0.4, 0.5) is 10.6 Å². The molecule has 8 heteroatoms. The van der Waals surface area contributed by atoms with E-state index in [9.17, 15) is 9.59 Å². The van der Waals surface area contributed by atoms with Gasteiger partial charge < -0.3 is 24.9 Å². The van der Waals surface area contributed by atoms with Gasteiger partial charge >= 0.3 is 6.03 Å². The van der Waals surface area contributed by atoms with Gasteiger partial charge in [0.25, 0.3) is 0 Å². The quantitative estimate of drug-likeness (QED) is 0.796. The van der Waals surface area contributed by atoms with Gasteiger partial charge in [-0.1, -0.05) is 25.3 Å². The molecule has 3 fully saturated rings. The highest BCUT2D eigenvalue weighted by atomic mass is 16.2. The Morgan fingerprint density at radius 3 is 2.42 bits per heavy atom. The molecule has 1 N–H and O–H groups in total. The highest BCUT2D eigenvalue weighted by molar-refractivity contribution is 5.77. The fraction of sp³-hybridized carbons (Fsp3) is 0.696. The first kappa shape index (κ1) is 21.9. The summed E-state index contributed by atoms with van der Waals surface area (Å²) < 4.78 is 0. The van der Waals surface area contributed by atoms with Crippen LogP contribution in [0.2, 0.25) is 0 Å². The second-order valence-corrected chi connectivity index (χ2v) is 9.35. The molecule has 1 aromatic rings. The van der Waals surface area contributed by atoms with Crippen molar-refractivity contribution in [2.75, 3.05) is 57.8 Å². The van der Waals surface area contributed by atoms with E-state index in [1.165, 1.54) is 6.42 Å². The third kappa shape index (κ3) is 4.95. The molecule has 1 aromatic heterocycles. The second kappa shape index (κ2) is 9.42. The summed E-state index contributed by atoms with van der Waals surface area (Å²) in [4.78, 5) is 38.3. The topological polar surface area (TPSA) is 72.0 Å². The van der Waals surface area contributed by atoms with Crippen LogP contribution in [0, 0.1) is 0 Å². The van der Waals surface area contributed by atoms with Crippen molar-refractivity contribution in [2.24, 2.45) is 0 Å². The van der Waals surface area contributed by atoms with Gasteiger partial charge in [0, 0.05) is 65.5 Å². The van der Waals surface area contributed by atoms with Crippen molar-refractivity contribution >= 4 is 17.8 Å². The van der Waals surface area contributed by atoms with E-state index in [1.54, 1.807) is 6.92 Å². The van der Waals surface area contributed by atoms with Gasteiger partial charge in [0.1, 0.15) is 5.82 Å². The van der Waals surface area contributed by atoms with Crippen molar-refractivity contribution < 1.29 is 9.59 Å². The lowest BCUT2D eigenvalue weighted by Gasteiger charge is -2.52. The molecule has 0 radical (unpaired) electrons. The number of hydrogen-bond acceptors (Lipinski definition) is 5. The van der Waals surface area contributed by atoms with E-state index in [2.05, 4.69) is 39.3 Å². The van der Waals surface area contributed by atoms with Gasteiger partial charge in [-0.05, 0) is 31.5 Å². The first-order valence-electron chi connectivity index (χ1n) is 11.7. The lowest BCUT2D eigenvalue weighted by molar-refractivity contribution is -0.141. The van der Waals surface area contributed by atoms with Crippen LogP contribution in [0.15, 0.2) is 18.3 Å². The molecule has 4 rings (SSSR count). The molecule has 0 atom stereocenters. The molecule has 8 nitrogen and oxygen atoms in total. The molecule has 31 heavy (non-hydrogen) atoms. The smallest absolute Gasteiger partial charge is 0.317 e. The summed E-state index contributed by atoms with van der Waals surface area (Å²) in [5.41, 5.74) is 0.826. The fourth-order valence-electron chi connectivity index (χ4n) is 5.31. The van der Waals surface area contributed by atoms with Crippen molar-refractivity contribution in [3.05, 3.63) is 23.9 Å². The Kier molecular flexibility index (Phi) is 6.65. The normalized spacial score (nSPS) is 21.9. The number of urea groups is 1. The standard InChI is InChI=1S/C23H36N6O2/c1-19(30)29-15-14-28(18-23(29)8-4-3-5-9-23)22(31)25-17-20-6-7-21(24-16-20)27-12-10-26(2)11-13-27/h6-7,16H,3-5,8-15,17-18H2,1-2H3,(H,25,31). The van der Waals surface area contributed by atoms with Crippen molar-refractivity contribution in [1.82, 2.24) is 25.0 Å². The van der Waals surface area contributed by atoms with Gasteiger partial charge in [0.2, 0.25) is 5.91 Å². The van der Waals surface area contributed by atoms with Crippen LogP contribution < -0.4 is 10.2 Å². The number of aromatic nitrogens is 1. The molecule has 3 aliphatic rings. The average Bonchev–Trinajstić information content (AvgIpc) is 2.78. The van der Waals surface area contributed by atoms with Gasteiger partial charge in [-0.3, -0.25) is 4.79 Å². The zero-order valence-electron chi connectivity index (χ0n) is 19.0. The molecule has 170 valence electrons. The van der Waals surface area contributed by atoms with Crippen LogP contribution in [0.25, 0.3) is 0 Å². The second-order valence-electron chi connectivity index (χ2n) is 9.35. The fourth-order valence-corrected chi connectivity index (χ4v) is 5.31. The molecule has 2 aliphatic heterocycles. The van der Waals surface area contributed by atoms with Crippen molar-refractivity contribution in [2.45, 2.75) is 51.1 Å². The van der Waals surface area contributed by atoms with E-state index in [0.29, 0.717) is 26.2 Å². The molecule has 0 bridgehead atoms. The number of carbonyl (C=O) groups is 2. The van der Waals surface area contributed by atoms with Crippen LogP contribution >= 0.6 is 0 Å². The molecule has 2 saturated heterocycles. The lowest BCUT2D eigenvalue weighted by Crippen LogP contribution is -2.65. The minimum atomic E-state index is -0.175. The van der Waals surface area contributed by atoms with E-state index < -0.39 is 0 Å². The summed E-state index contributed by atoms with van der Waals surface area (Å²) in [7, 11) is 2.15. The SMILES string of the molecule is CC(=O)N1CCN(C(=O)NCc2ccc(N3CCN(C)CC3)nc2)CC12CCCCC2. The van der Waals surface area contributed by atoms with E-state index >= 15 is 0 Å². The Labute approximate surface area is 185 Å².